The Morgan fingerprint density at radius 1 is 1.67 bits per heavy atom. The van der Waals surface area contributed by atoms with Gasteiger partial charge in [0.25, 0.3) is 0 Å². The molecule has 1 saturated heterocycles. The van der Waals surface area contributed by atoms with Crippen molar-refractivity contribution in [3.8, 4) is 0 Å². The maximum Gasteiger partial charge on any atom is 0.160 e. The van der Waals surface area contributed by atoms with Crippen molar-refractivity contribution in [2.75, 3.05) is 32.1 Å². The number of likely N-dealkylation sites (tertiary alicyclic amines) is 1. The topological polar surface area (TPSA) is 23.6 Å². The lowest BCUT2D eigenvalue weighted by molar-refractivity contribution is 0.112. The molecule has 1 atom stereocenters. The van der Waals surface area contributed by atoms with Crippen LogP contribution in [0.15, 0.2) is 11.4 Å². The standard InChI is InChI=1S/C11H16N2OS/c1-12-4-3-9(6-12)13(2)10-5-11(7-14)15-8-10/h5,7-9H,3-4,6H2,1-2H3. The van der Waals surface area contributed by atoms with E-state index >= 15 is 0 Å². The lowest BCUT2D eigenvalue weighted by Crippen LogP contribution is -2.33. The van der Waals surface area contributed by atoms with E-state index in [-0.39, 0.29) is 0 Å². The average Bonchev–Trinajstić information content (AvgIpc) is 2.84. The highest BCUT2D eigenvalue weighted by Crippen LogP contribution is 2.25. The van der Waals surface area contributed by atoms with Gasteiger partial charge in [-0.1, -0.05) is 0 Å². The van der Waals surface area contributed by atoms with Gasteiger partial charge in [-0.2, -0.15) is 0 Å². The predicted molar refractivity (Wildman–Crippen MR) is 64.0 cm³/mol. The van der Waals surface area contributed by atoms with E-state index in [0.29, 0.717) is 6.04 Å². The summed E-state index contributed by atoms with van der Waals surface area (Å²) in [4.78, 5) is 16.0. The first-order valence-electron chi connectivity index (χ1n) is 5.16. The van der Waals surface area contributed by atoms with E-state index in [1.54, 1.807) is 0 Å². The van der Waals surface area contributed by atoms with Crippen LogP contribution in [0.2, 0.25) is 0 Å². The minimum absolute atomic E-state index is 0.587. The van der Waals surface area contributed by atoms with E-state index in [0.717, 1.165) is 17.7 Å². The van der Waals surface area contributed by atoms with Crippen molar-refractivity contribution >= 4 is 23.3 Å². The van der Waals surface area contributed by atoms with E-state index in [1.165, 1.54) is 30.0 Å². The van der Waals surface area contributed by atoms with Crippen LogP contribution in [0.4, 0.5) is 5.69 Å². The Labute approximate surface area is 94.3 Å². The summed E-state index contributed by atoms with van der Waals surface area (Å²) in [6, 6.07) is 2.56. The summed E-state index contributed by atoms with van der Waals surface area (Å²) >= 11 is 1.51. The molecule has 2 heterocycles. The molecular weight excluding hydrogens is 208 g/mol. The molecule has 15 heavy (non-hydrogen) atoms. The molecule has 0 amide bonds. The summed E-state index contributed by atoms with van der Waals surface area (Å²) in [5.74, 6) is 0. The fourth-order valence-electron chi connectivity index (χ4n) is 2.03. The average molecular weight is 224 g/mol. The maximum atomic E-state index is 10.6. The van der Waals surface area contributed by atoms with Gasteiger partial charge in [0, 0.05) is 30.7 Å². The van der Waals surface area contributed by atoms with Crippen molar-refractivity contribution in [1.29, 1.82) is 0 Å². The van der Waals surface area contributed by atoms with Gasteiger partial charge < -0.3 is 9.80 Å². The van der Waals surface area contributed by atoms with Crippen molar-refractivity contribution < 1.29 is 4.79 Å². The van der Waals surface area contributed by atoms with Gasteiger partial charge in [-0.15, -0.1) is 11.3 Å². The molecule has 1 aromatic heterocycles. The number of anilines is 1. The Hall–Kier alpha value is -0.870. The molecule has 2 rings (SSSR count). The monoisotopic (exact) mass is 224 g/mol. The number of carbonyl (C=O) groups excluding carboxylic acids is 1. The van der Waals surface area contributed by atoms with Crippen molar-refractivity contribution in [2.45, 2.75) is 12.5 Å². The molecule has 0 saturated carbocycles. The van der Waals surface area contributed by atoms with Crippen molar-refractivity contribution in [2.24, 2.45) is 0 Å². The fraction of sp³-hybridized carbons (Fsp3) is 0.545. The number of hydrogen-bond donors (Lipinski definition) is 0. The van der Waals surface area contributed by atoms with Crippen LogP contribution in [0.25, 0.3) is 0 Å². The molecule has 1 aliphatic heterocycles. The molecular formula is C11H16N2OS. The third kappa shape index (κ3) is 2.21. The van der Waals surface area contributed by atoms with Gasteiger partial charge in [-0.05, 0) is 26.1 Å². The summed E-state index contributed by atoms with van der Waals surface area (Å²) in [5, 5.41) is 2.06. The number of nitrogens with zero attached hydrogens (tertiary/aromatic N) is 2. The Morgan fingerprint density at radius 2 is 2.47 bits per heavy atom. The van der Waals surface area contributed by atoms with Gasteiger partial charge in [0.2, 0.25) is 0 Å². The predicted octanol–water partition coefficient (Wildman–Crippen LogP) is 1.70. The maximum absolute atomic E-state index is 10.6. The van der Waals surface area contributed by atoms with Crippen LogP contribution in [0, 0.1) is 0 Å². The molecule has 0 aliphatic carbocycles. The summed E-state index contributed by atoms with van der Waals surface area (Å²) in [6.07, 6.45) is 2.13. The van der Waals surface area contributed by atoms with E-state index in [9.17, 15) is 4.79 Å². The SMILES string of the molecule is CN1CCC(N(C)c2csc(C=O)c2)C1. The second-order valence-electron chi connectivity index (χ2n) is 4.14. The van der Waals surface area contributed by atoms with Gasteiger partial charge in [-0.25, -0.2) is 0 Å². The van der Waals surface area contributed by atoms with Crippen LogP contribution in [0.5, 0.6) is 0 Å². The Balaban J connectivity index is 2.06. The van der Waals surface area contributed by atoms with E-state index in [2.05, 4.69) is 29.3 Å². The first-order chi connectivity index (χ1) is 7.20. The zero-order chi connectivity index (χ0) is 10.8. The Morgan fingerprint density at radius 3 is 3.00 bits per heavy atom. The highest BCUT2D eigenvalue weighted by Gasteiger charge is 2.23. The molecule has 0 N–H and O–H groups in total. The number of thiophene rings is 1. The first-order valence-corrected chi connectivity index (χ1v) is 6.04. The number of hydrogen-bond acceptors (Lipinski definition) is 4. The molecule has 82 valence electrons. The van der Waals surface area contributed by atoms with Gasteiger partial charge in [0.15, 0.2) is 6.29 Å². The molecule has 0 aromatic carbocycles. The lowest BCUT2D eigenvalue weighted by atomic mass is 10.2. The highest BCUT2D eigenvalue weighted by atomic mass is 32.1. The molecule has 4 heteroatoms. The molecule has 1 unspecified atom stereocenters. The molecule has 1 aromatic rings. The zero-order valence-electron chi connectivity index (χ0n) is 9.14. The number of likely N-dealkylation sites (N-methyl/N-ethyl adjacent to an activating group) is 2. The van der Waals surface area contributed by atoms with Crippen LogP contribution < -0.4 is 4.90 Å². The van der Waals surface area contributed by atoms with Gasteiger partial charge in [-0.3, -0.25) is 4.79 Å². The van der Waals surface area contributed by atoms with Gasteiger partial charge in [0.1, 0.15) is 0 Å². The van der Waals surface area contributed by atoms with Crippen LogP contribution in [-0.4, -0.2) is 44.4 Å². The van der Waals surface area contributed by atoms with Crippen LogP contribution >= 0.6 is 11.3 Å². The number of aldehydes is 1. The molecule has 0 bridgehead atoms. The molecule has 1 aliphatic rings. The van der Waals surface area contributed by atoms with Crippen LogP contribution in [0.1, 0.15) is 16.1 Å². The van der Waals surface area contributed by atoms with Crippen molar-refractivity contribution in [3.63, 3.8) is 0 Å². The molecule has 3 nitrogen and oxygen atoms in total. The highest BCUT2D eigenvalue weighted by molar-refractivity contribution is 7.12. The molecule has 0 radical (unpaired) electrons. The summed E-state index contributed by atoms with van der Waals surface area (Å²) in [5.41, 5.74) is 1.17. The molecule has 1 fully saturated rings. The van der Waals surface area contributed by atoms with Crippen molar-refractivity contribution in [1.82, 2.24) is 4.90 Å². The van der Waals surface area contributed by atoms with E-state index in [4.69, 9.17) is 0 Å². The second kappa shape index (κ2) is 4.33. The third-order valence-corrected chi connectivity index (χ3v) is 3.89. The van der Waals surface area contributed by atoms with E-state index in [1.807, 2.05) is 6.07 Å². The summed E-state index contributed by atoms with van der Waals surface area (Å²) < 4.78 is 0. The molecule has 0 spiro atoms. The third-order valence-electron chi connectivity index (χ3n) is 3.04. The summed E-state index contributed by atoms with van der Waals surface area (Å²) in [7, 11) is 4.26. The Kier molecular flexibility index (Phi) is 3.07. The summed E-state index contributed by atoms with van der Waals surface area (Å²) in [6.45, 7) is 2.28. The second-order valence-corrected chi connectivity index (χ2v) is 5.08. The van der Waals surface area contributed by atoms with Crippen LogP contribution in [0.3, 0.4) is 0 Å². The zero-order valence-corrected chi connectivity index (χ0v) is 9.96. The lowest BCUT2D eigenvalue weighted by Gasteiger charge is -2.25. The smallest absolute Gasteiger partial charge is 0.160 e. The van der Waals surface area contributed by atoms with Gasteiger partial charge in [0.05, 0.1) is 4.88 Å². The fourth-order valence-corrected chi connectivity index (χ4v) is 2.76. The van der Waals surface area contributed by atoms with Crippen molar-refractivity contribution in [3.05, 3.63) is 16.3 Å². The normalized spacial score (nSPS) is 21.9. The quantitative estimate of drug-likeness (QED) is 0.730. The largest absolute Gasteiger partial charge is 0.370 e. The van der Waals surface area contributed by atoms with Crippen LogP contribution in [-0.2, 0) is 0 Å². The Bertz CT molecular complexity index is 350. The van der Waals surface area contributed by atoms with Gasteiger partial charge >= 0.3 is 0 Å². The van der Waals surface area contributed by atoms with E-state index < -0.39 is 0 Å². The number of carbonyl (C=O) groups is 1. The minimum Gasteiger partial charge on any atom is -0.370 e. The minimum atomic E-state index is 0.587. The number of rotatable bonds is 3. The first kappa shape index (κ1) is 10.6.